The number of rotatable bonds is 9. The molecule has 1 saturated heterocycles. The molecule has 21 heavy (non-hydrogen) atoms. The molecule has 4 nitrogen and oxygen atoms in total. The molecule has 5 heteroatoms. The van der Waals surface area contributed by atoms with E-state index in [1.54, 1.807) is 0 Å². The Labute approximate surface area is 129 Å². The fraction of sp³-hybridized carbons (Fsp3) is 0.875. The standard InChI is InChI=1S/C16H31O4P/c1-14(2)10-12-18-11-8-7-9-13-21(17)19-15(3,4)16(5,6)20-21/h1,7-13H2,2-6H3. The topological polar surface area (TPSA) is 44.8 Å². The van der Waals surface area contributed by atoms with Gasteiger partial charge < -0.3 is 4.74 Å². The lowest BCUT2D eigenvalue weighted by atomic mass is 9.90. The summed E-state index contributed by atoms with van der Waals surface area (Å²) >= 11 is 0. The van der Waals surface area contributed by atoms with Crippen LogP contribution in [0.5, 0.6) is 0 Å². The van der Waals surface area contributed by atoms with Crippen LogP contribution in [0.2, 0.25) is 0 Å². The summed E-state index contributed by atoms with van der Waals surface area (Å²) in [6, 6.07) is 0. The van der Waals surface area contributed by atoms with Gasteiger partial charge in [-0.3, -0.25) is 13.6 Å². The molecule has 0 saturated carbocycles. The Kier molecular flexibility index (Phi) is 6.67. The lowest BCUT2D eigenvalue weighted by Gasteiger charge is -2.29. The van der Waals surface area contributed by atoms with Crippen LogP contribution in [0.15, 0.2) is 12.2 Å². The van der Waals surface area contributed by atoms with Gasteiger partial charge in [0.2, 0.25) is 0 Å². The summed E-state index contributed by atoms with van der Waals surface area (Å²) in [4.78, 5) is 0. The molecule has 124 valence electrons. The monoisotopic (exact) mass is 318 g/mol. The van der Waals surface area contributed by atoms with Gasteiger partial charge in [0.25, 0.3) is 0 Å². The fourth-order valence-electron chi connectivity index (χ4n) is 2.06. The summed E-state index contributed by atoms with van der Waals surface area (Å²) < 4.78 is 29.5. The van der Waals surface area contributed by atoms with Gasteiger partial charge in [-0.05, 0) is 53.9 Å². The average Bonchev–Trinajstić information content (AvgIpc) is 2.46. The number of unbranched alkanes of at least 4 members (excludes halogenated alkanes) is 2. The van der Waals surface area contributed by atoms with Crippen LogP contribution in [0, 0.1) is 0 Å². The first kappa shape index (κ1) is 18.9. The molecule has 0 aromatic carbocycles. The normalized spacial score (nSPS) is 22.3. The Morgan fingerprint density at radius 3 is 2.14 bits per heavy atom. The summed E-state index contributed by atoms with van der Waals surface area (Å²) in [6.45, 7) is 15.1. The minimum absolute atomic E-state index is 0.492. The zero-order valence-electron chi connectivity index (χ0n) is 14.2. The molecule has 1 fully saturated rings. The van der Waals surface area contributed by atoms with Crippen molar-refractivity contribution in [2.75, 3.05) is 19.4 Å². The number of hydrogen-bond acceptors (Lipinski definition) is 4. The van der Waals surface area contributed by atoms with Crippen molar-refractivity contribution in [2.24, 2.45) is 0 Å². The molecule has 0 atom stereocenters. The van der Waals surface area contributed by atoms with Gasteiger partial charge in [0, 0.05) is 6.61 Å². The quantitative estimate of drug-likeness (QED) is 0.343. The molecule has 0 spiro atoms. The predicted octanol–water partition coefficient (Wildman–Crippen LogP) is 4.94. The SMILES string of the molecule is C=C(C)CCOCCCCCP1(=O)OC(C)(C)C(C)(C)O1. The first-order valence-corrected chi connectivity index (χ1v) is 9.53. The molecule has 1 rings (SSSR count). The van der Waals surface area contributed by atoms with E-state index in [1.165, 1.54) is 0 Å². The third-order valence-electron chi connectivity index (χ3n) is 4.08. The first-order valence-electron chi connectivity index (χ1n) is 7.81. The van der Waals surface area contributed by atoms with Gasteiger partial charge in [-0.25, -0.2) is 0 Å². The maximum absolute atomic E-state index is 12.6. The molecule has 0 aliphatic carbocycles. The van der Waals surface area contributed by atoms with E-state index in [0.717, 1.165) is 44.5 Å². The Balaban J connectivity index is 2.16. The zero-order chi connectivity index (χ0) is 16.1. The molecule has 0 aromatic heterocycles. The summed E-state index contributed by atoms with van der Waals surface area (Å²) in [5.74, 6) is 0. The van der Waals surface area contributed by atoms with Gasteiger partial charge in [-0.15, -0.1) is 6.58 Å². The van der Waals surface area contributed by atoms with E-state index < -0.39 is 18.8 Å². The Bertz CT molecular complexity index is 381. The van der Waals surface area contributed by atoms with E-state index in [2.05, 4.69) is 6.58 Å². The molecular formula is C16H31O4P. The number of ether oxygens (including phenoxy) is 1. The summed E-state index contributed by atoms with van der Waals surface area (Å²) in [5.41, 5.74) is 0.136. The van der Waals surface area contributed by atoms with Crippen LogP contribution >= 0.6 is 7.60 Å². The molecule has 1 aliphatic rings. The van der Waals surface area contributed by atoms with Gasteiger partial charge in [0.1, 0.15) is 11.2 Å². The highest BCUT2D eigenvalue weighted by Gasteiger charge is 2.54. The zero-order valence-corrected chi connectivity index (χ0v) is 15.1. The largest absolute Gasteiger partial charge is 0.381 e. The van der Waals surface area contributed by atoms with E-state index in [0.29, 0.717) is 6.16 Å². The van der Waals surface area contributed by atoms with E-state index in [9.17, 15) is 4.57 Å². The van der Waals surface area contributed by atoms with E-state index >= 15 is 0 Å². The van der Waals surface area contributed by atoms with Crippen LogP contribution in [-0.4, -0.2) is 30.6 Å². The van der Waals surface area contributed by atoms with Crippen molar-refractivity contribution in [3.05, 3.63) is 12.2 Å². The van der Waals surface area contributed by atoms with E-state index in [-0.39, 0.29) is 0 Å². The summed E-state index contributed by atoms with van der Waals surface area (Å²) in [6.07, 6.45) is 4.20. The van der Waals surface area contributed by atoms with Crippen LogP contribution in [0.3, 0.4) is 0 Å². The lowest BCUT2D eigenvalue weighted by Crippen LogP contribution is -2.41. The van der Waals surface area contributed by atoms with Crippen molar-refractivity contribution in [3.63, 3.8) is 0 Å². The second kappa shape index (κ2) is 7.41. The van der Waals surface area contributed by atoms with Crippen LogP contribution < -0.4 is 0 Å². The van der Waals surface area contributed by atoms with Gasteiger partial charge in [-0.2, -0.15) is 0 Å². The summed E-state index contributed by atoms with van der Waals surface area (Å²) in [5, 5.41) is 0. The first-order chi connectivity index (χ1) is 9.58. The van der Waals surface area contributed by atoms with Gasteiger partial charge >= 0.3 is 7.60 Å². The third-order valence-corrected chi connectivity index (χ3v) is 6.41. The molecule has 0 amide bonds. The summed E-state index contributed by atoms with van der Waals surface area (Å²) in [7, 11) is -2.94. The Morgan fingerprint density at radius 1 is 1.05 bits per heavy atom. The van der Waals surface area contributed by atoms with Crippen LogP contribution in [0.4, 0.5) is 0 Å². The molecule has 1 heterocycles. The predicted molar refractivity (Wildman–Crippen MR) is 86.9 cm³/mol. The second-order valence-corrected chi connectivity index (χ2v) is 8.95. The van der Waals surface area contributed by atoms with Crippen LogP contribution in [-0.2, 0) is 18.3 Å². The highest BCUT2D eigenvalue weighted by molar-refractivity contribution is 7.54. The molecule has 0 unspecified atom stereocenters. The van der Waals surface area contributed by atoms with Gasteiger partial charge in [0.15, 0.2) is 0 Å². The Hall–Kier alpha value is -0.150. The fourth-order valence-corrected chi connectivity index (χ4v) is 4.72. The van der Waals surface area contributed by atoms with Crippen LogP contribution in [0.1, 0.15) is 60.3 Å². The third kappa shape index (κ3) is 5.86. The Morgan fingerprint density at radius 2 is 1.62 bits per heavy atom. The molecule has 0 N–H and O–H groups in total. The number of hydrogen-bond donors (Lipinski definition) is 0. The molecule has 0 aromatic rings. The van der Waals surface area contributed by atoms with E-state index in [4.69, 9.17) is 13.8 Å². The smallest absolute Gasteiger partial charge is 0.331 e. The van der Waals surface area contributed by atoms with Crippen molar-refractivity contribution in [3.8, 4) is 0 Å². The lowest BCUT2D eigenvalue weighted by molar-refractivity contribution is 0.00578. The minimum atomic E-state index is -2.94. The van der Waals surface area contributed by atoms with E-state index in [1.807, 2.05) is 34.6 Å². The molecule has 1 aliphatic heterocycles. The van der Waals surface area contributed by atoms with Crippen molar-refractivity contribution in [2.45, 2.75) is 71.5 Å². The molecule has 0 radical (unpaired) electrons. The van der Waals surface area contributed by atoms with Crippen molar-refractivity contribution < 1.29 is 18.3 Å². The van der Waals surface area contributed by atoms with Crippen LogP contribution in [0.25, 0.3) is 0 Å². The molecular weight excluding hydrogens is 287 g/mol. The van der Waals surface area contributed by atoms with Gasteiger partial charge in [-0.1, -0.05) is 12.0 Å². The second-order valence-electron chi connectivity index (χ2n) is 6.92. The minimum Gasteiger partial charge on any atom is -0.381 e. The highest BCUT2D eigenvalue weighted by Crippen LogP contribution is 2.64. The maximum atomic E-state index is 12.6. The van der Waals surface area contributed by atoms with Crippen molar-refractivity contribution in [1.29, 1.82) is 0 Å². The molecule has 0 bridgehead atoms. The van der Waals surface area contributed by atoms with Crippen molar-refractivity contribution >= 4 is 7.60 Å². The highest BCUT2D eigenvalue weighted by atomic mass is 31.2. The van der Waals surface area contributed by atoms with Gasteiger partial charge in [0.05, 0.1) is 12.8 Å². The van der Waals surface area contributed by atoms with Crippen molar-refractivity contribution in [1.82, 2.24) is 0 Å². The maximum Gasteiger partial charge on any atom is 0.331 e. The average molecular weight is 318 g/mol.